The van der Waals surface area contributed by atoms with Gasteiger partial charge in [0, 0.05) is 6.54 Å². The van der Waals surface area contributed by atoms with Gasteiger partial charge in [-0.1, -0.05) is 0 Å². The average molecular weight is 102 g/mol. The lowest BCUT2D eigenvalue weighted by molar-refractivity contribution is 0.142. The number of β-amino-alcohol motifs (C(OH)–C–C–N with tert-alkyl or cyclic N) is 1. The predicted octanol–water partition coefficient (Wildman–Crippen LogP) is -0.269. The minimum absolute atomic E-state index is 0.249. The fourth-order valence-electron chi connectivity index (χ4n) is 0.770. The molecule has 42 valence electrons. The van der Waals surface area contributed by atoms with Gasteiger partial charge in [0.25, 0.3) is 0 Å². The third-order valence-electron chi connectivity index (χ3n) is 1.19. The van der Waals surface area contributed by atoms with Crippen molar-refractivity contribution in [2.45, 2.75) is 18.9 Å². The number of aliphatic hydroxyl groups excluding tert-OH is 1. The van der Waals surface area contributed by atoms with Crippen LogP contribution in [0.15, 0.2) is 0 Å². The fraction of sp³-hybridized carbons (Fsp3) is 1.00. The Labute approximate surface area is 45.0 Å². The van der Waals surface area contributed by atoms with Crippen LogP contribution in [0.1, 0.15) is 12.8 Å². The molecule has 1 unspecified atom stereocenters. The Bertz CT molecular complexity index is 70.8. The topological polar surface area (TPSA) is 32.3 Å². The summed E-state index contributed by atoms with van der Waals surface area (Å²) in [5, 5.41) is 10.3. The lowest BCUT2D eigenvalue weighted by Crippen LogP contribution is -2.33. The van der Waals surface area contributed by atoms with Crippen LogP contribution in [-0.2, 0) is 0 Å². The summed E-state index contributed by atoms with van der Waals surface area (Å²) in [6, 6.07) is 0. The summed E-state index contributed by atoms with van der Waals surface area (Å²) in [6.45, 7) is 1.34. The fourth-order valence-corrected chi connectivity index (χ4v) is 0.770. The summed E-state index contributed by atoms with van der Waals surface area (Å²) in [7, 11) is 0. The van der Waals surface area contributed by atoms with Crippen LogP contribution >= 0.6 is 0 Å². The lowest BCUT2D eigenvalue weighted by Gasteiger charge is -2.16. The highest BCUT2D eigenvalue weighted by atomic mass is 16.3. The molecule has 1 saturated heterocycles. The molecule has 0 aromatic heterocycles. The first kappa shape index (κ1) is 3.87. The maximum absolute atomic E-state index is 8.92. The van der Waals surface area contributed by atoms with E-state index in [1.54, 1.807) is 0 Å². The molecular weight excluding hydrogens is 90.1 g/mol. The van der Waals surface area contributed by atoms with Gasteiger partial charge in [-0.05, 0) is 19.4 Å². The molecule has 0 saturated carbocycles. The number of rotatable bonds is 0. The summed E-state index contributed by atoms with van der Waals surface area (Å²) in [6.07, 6.45) is 1.58. The molecule has 1 rings (SSSR count). The zero-order chi connectivity index (χ0) is 5.98. The van der Waals surface area contributed by atoms with E-state index in [9.17, 15) is 0 Å². The Kier molecular flexibility index (Phi) is 1.26. The van der Waals surface area contributed by atoms with E-state index in [2.05, 4.69) is 0 Å². The van der Waals surface area contributed by atoms with Crippen molar-refractivity contribution >= 4 is 0 Å². The van der Waals surface area contributed by atoms with Crippen molar-refractivity contribution in [1.29, 1.82) is 0 Å². The zero-order valence-electron chi connectivity index (χ0n) is 5.30. The second-order valence-corrected chi connectivity index (χ2v) is 1.93. The summed E-state index contributed by atoms with van der Waals surface area (Å²) in [4.78, 5) is 0. The van der Waals surface area contributed by atoms with Crippen molar-refractivity contribution < 1.29 is 6.52 Å². The Morgan fingerprint density at radius 3 is 3.14 bits per heavy atom. The van der Waals surface area contributed by atoms with Crippen LogP contribution in [0.4, 0.5) is 0 Å². The maximum Gasteiger partial charge on any atom is 0.122 e. The molecule has 0 radical (unpaired) electrons. The molecule has 1 aliphatic heterocycles. The first-order valence-corrected chi connectivity index (χ1v) is 2.71. The molecule has 0 spiro atoms. The van der Waals surface area contributed by atoms with E-state index in [0.717, 1.165) is 19.4 Å². The molecule has 0 bridgehead atoms. The van der Waals surface area contributed by atoms with Gasteiger partial charge in [0.2, 0.25) is 0 Å². The average Bonchev–Trinajstić information content (AvgIpc) is 1.64. The largest absolute Gasteiger partial charge is 0.392 e. The Morgan fingerprint density at radius 2 is 2.71 bits per heavy atom. The molecule has 2 N–H and O–H groups in total. The number of nitrogens with one attached hydrogen (secondary N) is 1. The second-order valence-electron chi connectivity index (χ2n) is 1.93. The molecule has 2 heteroatoms. The van der Waals surface area contributed by atoms with Gasteiger partial charge in [-0.25, -0.2) is 0 Å². The minimum atomic E-state index is -0.249. The molecule has 0 aliphatic carbocycles. The highest BCUT2D eigenvalue weighted by Crippen LogP contribution is 1.98. The van der Waals surface area contributed by atoms with Gasteiger partial charge in [0.1, 0.15) is 1.41 Å². The van der Waals surface area contributed by atoms with Crippen molar-refractivity contribution in [2.75, 3.05) is 13.1 Å². The predicted molar refractivity (Wildman–Crippen MR) is 28.1 cm³/mol. The molecule has 0 amide bonds. The summed E-state index contributed by atoms with van der Waals surface area (Å²) < 4.78 is 7.08. The van der Waals surface area contributed by atoms with Crippen LogP contribution in [0, 0.1) is 0 Å². The third-order valence-corrected chi connectivity index (χ3v) is 1.19. The Balaban J connectivity index is 2.23. The van der Waals surface area contributed by atoms with Crippen molar-refractivity contribution in [3.05, 3.63) is 0 Å². The molecule has 0 aromatic rings. The van der Waals surface area contributed by atoms with Crippen molar-refractivity contribution in [3.8, 4) is 0 Å². The maximum atomic E-state index is 8.92. The molecule has 2 nitrogen and oxygen atoms in total. The van der Waals surface area contributed by atoms with E-state index in [0.29, 0.717) is 6.54 Å². The summed E-state index contributed by atoms with van der Waals surface area (Å²) in [5.74, 6) is 0. The van der Waals surface area contributed by atoms with E-state index < -0.39 is 0 Å². The van der Waals surface area contributed by atoms with Crippen LogP contribution in [0.2, 0.25) is 1.41 Å². The van der Waals surface area contributed by atoms with Crippen LogP contribution in [-0.4, -0.2) is 24.3 Å². The van der Waals surface area contributed by atoms with Crippen molar-refractivity contribution in [1.82, 2.24) is 5.31 Å². The SMILES string of the molecule is [2H]N1CCCC(O)C1. The molecule has 0 aromatic carbocycles. The van der Waals surface area contributed by atoms with E-state index in [-0.39, 0.29) is 6.10 Å². The molecular formula is C5H11NO. The smallest absolute Gasteiger partial charge is 0.122 e. The first-order valence-electron chi connectivity index (χ1n) is 3.15. The zero-order valence-corrected chi connectivity index (χ0v) is 4.30. The van der Waals surface area contributed by atoms with Crippen LogP contribution in [0.3, 0.4) is 0 Å². The van der Waals surface area contributed by atoms with Crippen LogP contribution in [0.5, 0.6) is 0 Å². The highest BCUT2D eigenvalue weighted by Gasteiger charge is 2.06. The van der Waals surface area contributed by atoms with Gasteiger partial charge < -0.3 is 10.4 Å². The highest BCUT2D eigenvalue weighted by molar-refractivity contribution is 4.65. The minimum Gasteiger partial charge on any atom is -0.392 e. The van der Waals surface area contributed by atoms with Crippen LogP contribution < -0.4 is 5.31 Å². The normalized spacial score (nSPS) is 37.9. The van der Waals surface area contributed by atoms with E-state index in [4.69, 9.17) is 6.52 Å². The Morgan fingerprint density at radius 1 is 1.86 bits per heavy atom. The van der Waals surface area contributed by atoms with Gasteiger partial charge >= 0.3 is 0 Å². The molecule has 1 heterocycles. The number of aliphatic hydroxyl groups is 1. The Hall–Kier alpha value is -0.0800. The van der Waals surface area contributed by atoms with Crippen molar-refractivity contribution in [3.63, 3.8) is 0 Å². The van der Waals surface area contributed by atoms with Gasteiger partial charge in [-0.15, -0.1) is 0 Å². The second kappa shape index (κ2) is 2.28. The molecule has 1 fully saturated rings. The van der Waals surface area contributed by atoms with E-state index in [1.807, 2.05) is 0 Å². The third kappa shape index (κ3) is 1.45. The summed E-state index contributed by atoms with van der Waals surface area (Å²) in [5.41, 5.74) is 0. The van der Waals surface area contributed by atoms with Gasteiger partial charge in [0.15, 0.2) is 0 Å². The van der Waals surface area contributed by atoms with Crippen LogP contribution in [0.25, 0.3) is 0 Å². The monoisotopic (exact) mass is 102 g/mol. The number of piperidine rings is 1. The van der Waals surface area contributed by atoms with Crippen molar-refractivity contribution in [2.24, 2.45) is 0 Å². The van der Waals surface area contributed by atoms with Gasteiger partial charge in [0.05, 0.1) is 6.10 Å². The lowest BCUT2D eigenvalue weighted by atomic mass is 10.1. The van der Waals surface area contributed by atoms with E-state index in [1.165, 1.54) is 5.31 Å². The molecule has 1 atom stereocenters. The van der Waals surface area contributed by atoms with Gasteiger partial charge in [-0.3, -0.25) is 0 Å². The quantitative estimate of drug-likeness (QED) is 0.441. The number of hydrogen-bond acceptors (Lipinski definition) is 2. The standard InChI is InChI=1S/C5H11NO/c7-5-2-1-3-6-4-5/h5-7H,1-4H2/i/hD. The molecule has 1 aliphatic rings. The number of hydrogen-bond donors (Lipinski definition) is 2. The van der Waals surface area contributed by atoms with E-state index >= 15 is 0 Å². The van der Waals surface area contributed by atoms with Gasteiger partial charge in [-0.2, -0.15) is 0 Å². The first-order chi connectivity index (χ1) is 3.79. The summed E-state index contributed by atoms with van der Waals surface area (Å²) >= 11 is 0. The molecule has 7 heavy (non-hydrogen) atoms.